The van der Waals surface area contributed by atoms with Gasteiger partial charge in [0.25, 0.3) is 0 Å². The van der Waals surface area contributed by atoms with Crippen LogP contribution >= 0.6 is 7.82 Å². The molecule has 0 heterocycles. The van der Waals surface area contributed by atoms with E-state index in [1.807, 2.05) is 0 Å². The zero-order valence-corrected chi connectivity index (χ0v) is 40.6. The normalized spacial score (nSPS) is 23.1. The van der Waals surface area contributed by atoms with Crippen LogP contribution in [0.3, 0.4) is 0 Å². The van der Waals surface area contributed by atoms with E-state index in [-0.39, 0.29) is 6.42 Å². The highest BCUT2D eigenvalue weighted by atomic mass is 31.2. The number of carbonyl (C=O) groups excluding carboxylic acids is 1. The van der Waals surface area contributed by atoms with E-state index in [4.69, 9.17) is 9.05 Å². The Hall–Kier alpha value is -1.74. The van der Waals surface area contributed by atoms with Gasteiger partial charge in [-0.3, -0.25) is 13.8 Å². The van der Waals surface area contributed by atoms with Gasteiger partial charge in [-0.1, -0.05) is 172 Å². The molecule has 374 valence electrons. The van der Waals surface area contributed by atoms with Crippen molar-refractivity contribution < 1.29 is 59.0 Å². The minimum absolute atomic E-state index is 0.267. The Morgan fingerprint density at radius 3 is 1.38 bits per heavy atom. The molecule has 0 aromatic carbocycles. The van der Waals surface area contributed by atoms with E-state index in [1.165, 1.54) is 115 Å². The average Bonchev–Trinajstić information content (AvgIpc) is 3.27. The van der Waals surface area contributed by atoms with Crippen molar-refractivity contribution in [1.29, 1.82) is 0 Å². The predicted octanol–water partition coefficient (Wildman–Crippen LogP) is 9.09. The Morgan fingerprint density at radius 2 is 0.922 bits per heavy atom. The number of amides is 1. The van der Waals surface area contributed by atoms with Gasteiger partial charge >= 0.3 is 7.82 Å². The molecule has 8 unspecified atom stereocenters. The lowest BCUT2D eigenvalue weighted by Gasteiger charge is -2.41. The van der Waals surface area contributed by atoms with Gasteiger partial charge in [-0.25, -0.2) is 4.57 Å². The van der Waals surface area contributed by atoms with E-state index in [2.05, 4.69) is 55.6 Å². The van der Waals surface area contributed by atoms with Crippen molar-refractivity contribution in [3.05, 3.63) is 48.6 Å². The molecule has 0 bridgehead atoms. The van der Waals surface area contributed by atoms with Crippen molar-refractivity contribution in [2.24, 2.45) is 0 Å². The fraction of sp³-hybridized carbons (Fsp3) is 0.820. The zero-order chi connectivity index (χ0) is 47.3. The van der Waals surface area contributed by atoms with Crippen LogP contribution in [0.15, 0.2) is 48.6 Å². The summed E-state index contributed by atoms with van der Waals surface area (Å²) in [5.41, 5.74) is 0. The second kappa shape index (κ2) is 39.3. The number of hydrogen-bond donors (Lipinski definition) is 9. The second-order valence-electron chi connectivity index (χ2n) is 17.8. The monoisotopic (exact) mass is 930 g/mol. The third kappa shape index (κ3) is 30.5. The molecular weight excluding hydrogens is 838 g/mol. The number of hydrogen-bond acceptors (Lipinski definition) is 11. The van der Waals surface area contributed by atoms with Crippen LogP contribution in [0.4, 0.5) is 0 Å². The van der Waals surface area contributed by atoms with E-state index < -0.39 is 75.2 Å². The molecule has 0 spiro atoms. The Balaban J connectivity index is 2.56. The summed E-state index contributed by atoms with van der Waals surface area (Å²) in [5.74, 6) is -0.616. The first-order valence-electron chi connectivity index (χ1n) is 25.2. The molecule has 0 radical (unpaired) electrons. The number of carbonyl (C=O) groups is 1. The number of aliphatic hydroxyl groups excluding tert-OH is 7. The van der Waals surface area contributed by atoms with Crippen LogP contribution < -0.4 is 5.32 Å². The number of rotatable bonds is 41. The van der Waals surface area contributed by atoms with Gasteiger partial charge in [0.2, 0.25) is 5.91 Å². The maximum Gasteiger partial charge on any atom is 0.472 e. The van der Waals surface area contributed by atoms with Crippen molar-refractivity contribution in [3.8, 4) is 0 Å². The van der Waals surface area contributed by atoms with Crippen LogP contribution in [0.5, 0.6) is 0 Å². The highest BCUT2D eigenvalue weighted by Gasteiger charge is 2.51. The van der Waals surface area contributed by atoms with Crippen molar-refractivity contribution in [2.45, 2.75) is 255 Å². The van der Waals surface area contributed by atoms with Crippen LogP contribution in [0.25, 0.3) is 0 Å². The van der Waals surface area contributed by atoms with E-state index >= 15 is 0 Å². The Kier molecular flexibility index (Phi) is 37.0. The van der Waals surface area contributed by atoms with Gasteiger partial charge in [0.1, 0.15) is 36.6 Å². The van der Waals surface area contributed by atoms with Crippen molar-refractivity contribution in [1.82, 2.24) is 5.32 Å². The molecule has 1 fully saturated rings. The number of unbranched alkanes of at least 4 members (excludes halogenated alkanes) is 22. The molecule has 1 amide bonds. The minimum Gasteiger partial charge on any atom is -0.393 e. The lowest BCUT2D eigenvalue weighted by molar-refractivity contribution is -0.220. The first-order chi connectivity index (χ1) is 30.8. The average molecular weight is 930 g/mol. The number of phosphoric ester groups is 1. The maximum atomic E-state index is 13.0. The van der Waals surface area contributed by atoms with E-state index in [0.29, 0.717) is 19.3 Å². The maximum absolute atomic E-state index is 13.0. The molecule has 0 aliphatic heterocycles. The molecule has 1 aliphatic rings. The van der Waals surface area contributed by atoms with E-state index in [9.17, 15) is 50.0 Å². The quantitative estimate of drug-likeness (QED) is 0.0159. The molecule has 14 heteroatoms. The number of phosphoric acid groups is 1. The molecule has 0 aromatic heterocycles. The molecule has 1 saturated carbocycles. The predicted molar refractivity (Wildman–Crippen MR) is 256 cm³/mol. The molecule has 64 heavy (non-hydrogen) atoms. The second-order valence-corrected chi connectivity index (χ2v) is 19.2. The summed E-state index contributed by atoms with van der Waals surface area (Å²) in [4.78, 5) is 23.5. The van der Waals surface area contributed by atoms with Gasteiger partial charge in [-0.05, 0) is 70.6 Å². The Labute approximate surface area is 387 Å². The van der Waals surface area contributed by atoms with Crippen molar-refractivity contribution >= 4 is 13.7 Å². The molecule has 8 atom stereocenters. The summed E-state index contributed by atoms with van der Waals surface area (Å²) in [5, 5.41) is 74.5. The van der Waals surface area contributed by atoms with E-state index in [0.717, 1.165) is 51.4 Å². The standard InChI is InChI=1S/C50H92NO12P/c1-3-5-7-9-11-13-15-17-19-21-22-24-26-28-30-32-34-36-38-43(53)42(40-62-64(60,61)63-50-48(58)46(56)45(55)47(57)49(50)59)51-44(54)39-41(52)37-35-33-31-29-27-25-23-20-18-16-14-12-10-8-6-4-2/h21-22,25,27-28,30,36,38,41-43,45-50,52-53,55-59H,3-20,23-24,26,29,31-35,37,39-40H2,1-2H3,(H,51,54)(H,60,61)/b22-21+,27-25-,30-28+,38-36+. The SMILES string of the molecule is CCCCCCCCCC/C=C/CC/C=C/CC/C=C/C(O)C(COP(=O)(O)OC1C(O)C(O)C(O)C(O)C1O)NC(=O)CC(O)CCCCC/C=C\CCCCCCCCCCC. The third-order valence-electron chi connectivity index (χ3n) is 11.9. The summed E-state index contributed by atoms with van der Waals surface area (Å²) in [6, 6.07) is -1.27. The van der Waals surface area contributed by atoms with Gasteiger partial charge in [0.15, 0.2) is 0 Å². The van der Waals surface area contributed by atoms with Crippen LogP contribution in [0.1, 0.15) is 200 Å². The van der Waals surface area contributed by atoms with Gasteiger partial charge < -0.3 is 46.0 Å². The lowest BCUT2D eigenvalue weighted by Crippen LogP contribution is -2.64. The molecule has 13 nitrogen and oxygen atoms in total. The van der Waals surface area contributed by atoms with Gasteiger partial charge in [0.05, 0.1) is 31.3 Å². The van der Waals surface area contributed by atoms with Crippen LogP contribution in [-0.2, 0) is 18.4 Å². The van der Waals surface area contributed by atoms with E-state index in [1.54, 1.807) is 6.08 Å². The number of aliphatic hydroxyl groups is 7. The fourth-order valence-corrected chi connectivity index (χ4v) is 8.70. The zero-order valence-electron chi connectivity index (χ0n) is 39.7. The Morgan fingerprint density at radius 1 is 0.547 bits per heavy atom. The summed E-state index contributed by atoms with van der Waals surface area (Å²) >= 11 is 0. The molecule has 9 N–H and O–H groups in total. The summed E-state index contributed by atoms with van der Waals surface area (Å²) in [7, 11) is -5.16. The van der Waals surface area contributed by atoms with Crippen molar-refractivity contribution in [3.63, 3.8) is 0 Å². The van der Waals surface area contributed by atoms with Crippen LogP contribution in [0.2, 0.25) is 0 Å². The number of allylic oxidation sites excluding steroid dienone is 7. The molecule has 1 rings (SSSR count). The highest BCUT2D eigenvalue weighted by molar-refractivity contribution is 7.47. The molecule has 0 saturated heterocycles. The largest absolute Gasteiger partial charge is 0.472 e. The van der Waals surface area contributed by atoms with Crippen molar-refractivity contribution in [2.75, 3.05) is 6.61 Å². The summed E-state index contributed by atoms with van der Waals surface area (Å²) in [6.07, 6.45) is 33.4. The van der Waals surface area contributed by atoms with Gasteiger partial charge in [0, 0.05) is 0 Å². The van der Waals surface area contributed by atoms with Gasteiger partial charge in [-0.15, -0.1) is 0 Å². The third-order valence-corrected chi connectivity index (χ3v) is 12.8. The topological polar surface area (TPSA) is 226 Å². The minimum atomic E-state index is -5.16. The summed E-state index contributed by atoms with van der Waals surface area (Å²) in [6.45, 7) is 3.72. The molecule has 1 aliphatic carbocycles. The highest BCUT2D eigenvalue weighted by Crippen LogP contribution is 2.47. The van der Waals surface area contributed by atoms with Crippen LogP contribution in [-0.4, -0.2) is 108 Å². The van der Waals surface area contributed by atoms with Gasteiger partial charge in [-0.2, -0.15) is 0 Å². The number of nitrogens with one attached hydrogen (secondary N) is 1. The summed E-state index contributed by atoms with van der Waals surface area (Å²) < 4.78 is 22.9. The lowest BCUT2D eigenvalue weighted by atomic mass is 9.85. The molecule has 0 aromatic rings. The first kappa shape index (κ1) is 60.3. The smallest absolute Gasteiger partial charge is 0.393 e. The fourth-order valence-electron chi connectivity index (χ4n) is 7.74. The van der Waals surface area contributed by atoms with Crippen LogP contribution in [0, 0.1) is 0 Å². The first-order valence-corrected chi connectivity index (χ1v) is 26.7. The Bertz CT molecular complexity index is 1280. The molecular formula is C50H92NO12P.